The Hall–Kier alpha value is -1.64. The average molecular weight is 314 g/mol. The fourth-order valence-corrected chi connectivity index (χ4v) is 2.28. The number of hydrogen-bond donors (Lipinski definition) is 3. The van der Waals surface area contributed by atoms with Gasteiger partial charge in [-0.15, -0.1) is 0 Å². The van der Waals surface area contributed by atoms with Gasteiger partial charge in [-0.25, -0.2) is 9.78 Å². The Kier molecular flexibility index (Phi) is 6.60. The first-order valence-corrected chi connectivity index (χ1v) is 7.18. The van der Waals surface area contributed by atoms with E-state index in [1.54, 1.807) is 0 Å². The Morgan fingerprint density at radius 2 is 2.14 bits per heavy atom. The van der Waals surface area contributed by atoms with Crippen LogP contribution in [0.25, 0.3) is 0 Å². The molecule has 1 aromatic heterocycles. The number of aliphatic hydroxyl groups excluding tert-OH is 2. The smallest absolute Gasteiger partial charge is 0.341 e. The van der Waals surface area contributed by atoms with E-state index < -0.39 is 18.2 Å². The van der Waals surface area contributed by atoms with Crippen molar-refractivity contribution >= 4 is 28.7 Å². The second-order valence-electron chi connectivity index (χ2n) is 4.33. The van der Waals surface area contributed by atoms with Crippen molar-refractivity contribution in [3.05, 3.63) is 23.4 Å². The number of nitrogens with zero attached hydrogens (tertiary/aromatic N) is 1. The van der Waals surface area contributed by atoms with Crippen LogP contribution in [0.15, 0.2) is 12.3 Å². The van der Waals surface area contributed by atoms with Crippen LogP contribution >= 0.6 is 11.8 Å². The number of carbonyl (C=O) groups excluding carboxylic acids is 2. The second-order valence-corrected chi connectivity index (χ2v) is 5.61. The number of nitrogen functional groups attached to an aromatic ring is 1. The molecule has 0 fully saturated rings. The summed E-state index contributed by atoms with van der Waals surface area (Å²) in [4.78, 5) is 26.1. The van der Waals surface area contributed by atoms with Crippen molar-refractivity contribution in [2.24, 2.45) is 0 Å². The Labute approximate surface area is 126 Å². The molecule has 0 spiro atoms. The molecule has 0 radical (unpaired) electrons. The zero-order valence-electron chi connectivity index (χ0n) is 11.8. The topological polar surface area (TPSA) is 123 Å². The van der Waals surface area contributed by atoms with Gasteiger partial charge in [0.25, 0.3) is 0 Å². The van der Waals surface area contributed by atoms with Gasteiger partial charge in [-0.1, -0.05) is 11.8 Å². The third kappa shape index (κ3) is 5.00. The number of rotatable bonds is 6. The number of methoxy groups -OCH3 is 1. The predicted octanol–water partition coefficient (Wildman–Crippen LogP) is 0.515. The van der Waals surface area contributed by atoms with Crippen molar-refractivity contribution in [3.8, 4) is 0 Å². The Balaban J connectivity index is 2.79. The number of pyridine rings is 1. The molecular weight excluding hydrogens is 296 g/mol. The summed E-state index contributed by atoms with van der Waals surface area (Å²) in [5, 5.41) is 19.9. The molecule has 2 atom stereocenters. The van der Waals surface area contributed by atoms with Crippen molar-refractivity contribution in [1.29, 1.82) is 0 Å². The first-order chi connectivity index (χ1) is 9.86. The molecule has 0 aliphatic rings. The third-order valence-corrected chi connectivity index (χ3v) is 3.62. The number of anilines is 1. The lowest BCUT2D eigenvalue weighted by molar-refractivity contribution is -0.109. The summed E-state index contributed by atoms with van der Waals surface area (Å²) in [5.41, 5.74) is 5.84. The Morgan fingerprint density at radius 1 is 1.48 bits per heavy atom. The fourth-order valence-electron chi connectivity index (χ4n) is 1.63. The summed E-state index contributed by atoms with van der Waals surface area (Å²) in [7, 11) is 1.21. The van der Waals surface area contributed by atoms with E-state index in [1.807, 2.05) is 0 Å². The Morgan fingerprint density at radius 3 is 2.71 bits per heavy atom. The first kappa shape index (κ1) is 17.4. The van der Waals surface area contributed by atoms with Crippen molar-refractivity contribution < 1.29 is 24.5 Å². The number of thioether (sulfide) groups is 1. The van der Waals surface area contributed by atoms with Gasteiger partial charge in [0.1, 0.15) is 17.5 Å². The molecule has 0 aliphatic carbocycles. The maximum atomic E-state index is 11.5. The zero-order chi connectivity index (χ0) is 16.0. The highest BCUT2D eigenvalue weighted by atomic mass is 32.2. The standard InChI is InChI=1S/C13H18N2O5S/c1-7(16)21-4-3-10(17)11(18)8-5-9(13(19)20-2)12(14)15-6-8/h5-6,10-11,17-18H,3-4H2,1-2H3,(H2,14,15). The summed E-state index contributed by atoms with van der Waals surface area (Å²) in [6.45, 7) is 1.43. The third-order valence-electron chi connectivity index (χ3n) is 2.77. The molecule has 1 heterocycles. The first-order valence-electron chi connectivity index (χ1n) is 6.20. The van der Waals surface area contributed by atoms with Gasteiger partial charge >= 0.3 is 5.97 Å². The van der Waals surface area contributed by atoms with Crippen LogP contribution < -0.4 is 5.73 Å². The maximum absolute atomic E-state index is 11.5. The fraction of sp³-hybridized carbons (Fsp3) is 0.462. The van der Waals surface area contributed by atoms with Crippen LogP contribution in [0.3, 0.4) is 0 Å². The molecule has 8 heteroatoms. The van der Waals surface area contributed by atoms with Crippen LogP contribution in [-0.4, -0.2) is 45.2 Å². The van der Waals surface area contributed by atoms with Gasteiger partial charge < -0.3 is 20.7 Å². The summed E-state index contributed by atoms with van der Waals surface area (Å²) in [6.07, 6.45) is -0.793. The van der Waals surface area contributed by atoms with Crippen LogP contribution in [0.1, 0.15) is 35.4 Å². The highest BCUT2D eigenvalue weighted by Crippen LogP contribution is 2.23. The molecule has 4 N–H and O–H groups in total. The minimum Gasteiger partial charge on any atom is -0.465 e. The number of esters is 1. The summed E-state index contributed by atoms with van der Waals surface area (Å²) >= 11 is 1.07. The SMILES string of the molecule is COC(=O)c1cc(C(O)C(O)CCSC(C)=O)cnc1N. The largest absolute Gasteiger partial charge is 0.465 e. The van der Waals surface area contributed by atoms with Gasteiger partial charge in [-0.3, -0.25) is 4.79 Å². The Bertz CT molecular complexity index is 523. The van der Waals surface area contributed by atoms with Crippen LogP contribution in [0.5, 0.6) is 0 Å². The van der Waals surface area contributed by atoms with E-state index >= 15 is 0 Å². The van der Waals surface area contributed by atoms with E-state index in [-0.39, 0.29) is 28.5 Å². The van der Waals surface area contributed by atoms with Crippen LogP contribution in [0, 0.1) is 0 Å². The lowest BCUT2D eigenvalue weighted by Gasteiger charge is -2.18. The van der Waals surface area contributed by atoms with Crippen LogP contribution in [0.4, 0.5) is 5.82 Å². The molecule has 0 saturated carbocycles. The van der Waals surface area contributed by atoms with Crippen molar-refractivity contribution in [3.63, 3.8) is 0 Å². The molecule has 7 nitrogen and oxygen atoms in total. The van der Waals surface area contributed by atoms with E-state index in [9.17, 15) is 19.8 Å². The average Bonchev–Trinajstić information content (AvgIpc) is 2.45. The van der Waals surface area contributed by atoms with Gasteiger partial charge in [-0.2, -0.15) is 0 Å². The summed E-state index contributed by atoms with van der Waals surface area (Å²) in [6, 6.07) is 1.33. The molecule has 0 aromatic carbocycles. The monoisotopic (exact) mass is 314 g/mol. The molecule has 1 aromatic rings. The maximum Gasteiger partial charge on any atom is 0.341 e. The summed E-state index contributed by atoms with van der Waals surface area (Å²) in [5.74, 6) is -0.296. The molecule has 1 rings (SSSR count). The number of aliphatic hydroxyl groups is 2. The van der Waals surface area contributed by atoms with Crippen LogP contribution in [0.2, 0.25) is 0 Å². The zero-order valence-corrected chi connectivity index (χ0v) is 12.6. The number of hydrogen-bond acceptors (Lipinski definition) is 8. The van der Waals surface area contributed by atoms with E-state index in [1.165, 1.54) is 26.3 Å². The van der Waals surface area contributed by atoms with Gasteiger partial charge in [0.05, 0.1) is 13.2 Å². The van der Waals surface area contributed by atoms with E-state index in [0.717, 1.165) is 11.8 Å². The molecule has 2 unspecified atom stereocenters. The highest BCUT2D eigenvalue weighted by Gasteiger charge is 2.21. The molecule has 0 aliphatic heterocycles. The molecular formula is C13H18N2O5S. The van der Waals surface area contributed by atoms with E-state index in [0.29, 0.717) is 5.75 Å². The van der Waals surface area contributed by atoms with Gasteiger partial charge in [-0.05, 0) is 12.5 Å². The number of carbonyl (C=O) groups is 2. The van der Waals surface area contributed by atoms with E-state index in [4.69, 9.17) is 5.73 Å². The van der Waals surface area contributed by atoms with Gasteiger partial charge in [0.15, 0.2) is 5.12 Å². The van der Waals surface area contributed by atoms with E-state index in [2.05, 4.69) is 9.72 Å². The molecule has 0 bridgehead atoms. The highest BCUT2D eigenvalue weighted by molar-refractivity contribution is 8.13. The molecule has 0 saturated heterocycles. The summed E-state index contributed by atoms with van der Waals surface area (Å²) < 4.78 is 4.56. The van der Waals surface area contributed by atoms with Gasteiger partial charge in [0, 0.05) is 24.4 Å². The predicted molar refractivity (Wildman–Crippen MR) is 78.7 cm³/mol. The molecule has 21 heavy (non-hydrogen) atoms. The minimum absolute atomic E-state index is 0.0144. The number of nitrogens with two attached hydrogens (primary N) is 1. The van der Waals surface area contributed by atoms with Gasteiger partial charge in [0.2, 0.25) is 0 Å². The van der Waals surface area contributed by atoms with Crippen LogP contribution in [-0.2, 0) is 9.53 Å². The number of aromatic nitrogens is 1. The lowest BCUT2D eigenvalue weighted by atomic mass is 10.0. The van der Waals surface area contributed by atoms with Crippen molar-refractivity contribution in [2.45, 2.75) is 25.6 Å². The minimum atomic E-state index is -1.23. The van der Waals surface area contributed by atoms with Crippen molar-refractivity contribution in [1.82, 2.24) is 4.98 Å². The number of ether oxygens (including phenoxy) is 1. The molecule has 0 amide bonds. The molecule has 116 valence electrons. The lowest BCUT2D eigenvalue weighted by Crippen LogP contribution is -2.20. The second kappa shape index (κ2) is 7.96. The van der Waals surface area contributed by atoms with Crippen molar-refractivity contribution in [2.75, 3.05) is 18.6 Å². The normalized spacial score (nSPS) is 13.5. The quantitative estimate of drug-likeness (QED) is 0.649.